The van der Waals surface area contributed by atoms with Gasteiger partial charge in [-0.1, -0.05) is 6.92 Å². The van der Waals surface area contributed by atoms with Gasteiger partial charge < -0.3 is 24.6 Å². The molecule has 2 amide bonds. The van der Waals surface area contributed by atoms with Crippen LogP contribution in [0.25, 0.3) is 0 Å². The molecule has 10 heteroatoms. The number of hydrogen-bond donors (Lipinski definition) is 3. The predicted molar refractivity (Wildman–Crippen MR) is 98.4 cm³/mol. The van der Waals surface area contributed by atoms with Gasteiger partial charge in [0.25, 0.3) is 5.91 Å². The maximum atomic E-state index is 12.9. The molecule has 10 nitrogen and oxygen atoms in total. The van der Waals surface area contributed by atoms with Gasteiger partial charge in [0, 0.05) is 12.0 Å². The lowest BCUT2D eigenvalue weighted by Crippen LogP contribution is -2.61. The zero-order valence-electron chi connectivity index (χ0n) is 16.9. The molecule has 2 heterocycles. The van der Waals surface area contributed by atoms with Gasteiger partial charge in [0.2, 0.25) is 0 Å². The molecule has 2 fully saturated rings. The molecule has 0 aromatic carbocycles. The number of carbonyl (C=O) groups excluding carboxylic acids is 2. The molecular weight excluding hydrogens is 370 g/mol. The summed E-state index contributed by atoms with van der Waals surface area (Å²) in [6.45, 7) is 9.03. The SMILES string of the molecule is CC1(COC[C@H](NC(=O)OC(C)(C)C)C(=O)N2CCC[C@@H](C(=O)O)N2)COC1. The number of nitrogens with zero attached hydrogens (tertiary/aromatic N) is 1. The Balaban J connectivity index is 1.99. The molecule has 160 valence electrons. The normalized spacial score (nSPS) is 22.7. The molecule has 0 aromatic rings. The number of hydrogen-bond acceptors (Lipinski definition) is 7. The van der Waals surface area contributed by atoms with E-state index < -0.39 is 35.7 Å². The molecule has 2 aliphatic heterocycles. The third-order valence-electron chi connectivity index (χ3n) is 4.38. The van der Waals surface area contributed by atoms with Crippen molar-refractivity contribution in [3.63, 3.8) is 0 Å². The molecule has 2 atom stereocenters. The first-order valence-corrected chi connectivity index (χ1v) is 9.44. The second-order valence-electron chi connectivity index (χ2n) is 8.67. The molecule has 3 N–H and O–H groups in total. The molecule has 0 spiro atoms. The molecule has 0 unspecified atom stereocenters. The minimum atomic E-state index is -1.02. The number of carbonyl (C=O) groups is 3. The standard InChI is InChI=1S/C18H31N3O7/c1-17(2,3)28-16(25)19-13(8-26-9-18(4)10-27-11-18)14(22)21-7-5-6-12(20-21)15(23)24/h12-13,20H,5-11H2,1-4H3,(H,19,25)(H,23,24)/t12-,13-/m0/s1. The van der Waals surface area contributed by atoms with Crippen molar-refractivity contribution in [1.29, 1.82) is 0 Å². The first kappa shape index (κ1) is 22.4. The van der Waals surface area contributed by atoms with Crippen molar-refractivity contribution in [1.82, 2.24) is 15.8 Å². The molecule has 0 bridgehead atoms. The predicted octanol–water partition coefficient (Wildman–Crippen LogP) is 0.513. The van der Waals surface area contributed by atoms with Crippen LogP contribution in [0.3, 0.4) is 0 Å². The van der Waals surface area contributed by atoms with Crippen molar-refractivity contribution in [3.05, 3.63) is 0 Å². The van der Waals surface area contributed by atoms with E-state index >= 15 is 0 Å². The summed E-state index contributed by atoms with van der Waals surface area (Å²) in [6.07, 6.45) is 0.239. The lowest BCUT2D eigenvalue weighted by Gasteiger charge is -2.38. The average molecular weight is 401 g/mol. The summed E-state index contributed by atoms with van der Waals surface area (Å²) < 4.78 is 16.1. The van der Waals surface area contributed by atoms with E-state index in [1.165, 1.54) is 5.01 Å². The van der Waals surface area contributed by atoms with Gasteiger partial charge in [0.15, 0.2) is 0 Å². The van der Waals surface area contributed by atoms with Crippen LogP contribution in [0.15, 0.2) is 0 Å². The van der Waals surface area contributed by atoms with E-state index in [4.69, 9.17) is 14.2 Å². The molecule has 28 heavy (non-hydrogen) atoms. The quantitative estimate of drug-likeness (QED) is 0.563. The molecule has 0 saturated carbocycles. The Kier molecular flexibility index (Phi) is 7.24. The summed E-state index contributed by atoms with van der Waals surface area (Å²) in [5.74, 6) is -1.49. The minimum absolute atomic E-state index is 0.0520. The highest BCUT2D eigenvalue weighted by atomic mass is 16.6. The summed E-state index contributed by atoms with van der Waals surface area (Å²) in [7, 11) is 0. The Bertz CT molecular complexity index is 586. The number of amides is 2. The fourth-order valence-corrected chi connectivity index (χ4v) is 2.89. The largest absolute Gasteiger partial charge is 0.480 e. The maximum Gasteiger partial charge on any atom is 0.408 e. The zero-order chi connectivity index (χ0) is 20.9. The Morgan fingerprint density at radius 1 is 1.36 bits per heavy atom. The molecule has 0 radical (unpaired) electrons. The minimum Gasteiger partial charge on any atom is -0.480 e. The summed E-state index contributed by atoms with van der Waals surface area (Å²) in [5, 5.41) is 13.0. The smallest absolute Gasteiger partial charge is 0.408 e. The second kappa shape index (κ2) is 9.06. The van der Waals surface area contributed by atoms with Crippen molar-refractivity contribution in [2.24, 2.45) is 5.41 Å². The number of carboxylic acids is 1. The number of aliphatic carboxylic acids is 1. The van der Waals surface area contributed by atoms with Gasteiger partial charge in [-0.05, 0) is 33.6 Å². The lowest BCUT2D eigenvalue weighted by molar-refractivity contribution is -0.152. The Hall–Kier alpha value is -1.91. The van der Waals surface area contributed by atoms with E-state index in [-0.39, 0.29) is 12.0 Å². The number of carboxylic acid groups (broad SMARTS) is 1. The maximum absolute atomic E-state index is 12.9. The average Bonchev–Trinajstić information content (AvgIpc) is 2.57. The van der Waals surface area contributed by atoms with Crippen molar-refractivity contribution in [2.45, 2.75) is 58.2 Å². The Morgan fingerprint density at radius 2 is 2.04 bits per heavy atom. The van der Waals surface area contributed by atoms with Crippen molar-refractivity contribution < 1.29 is 33.7 Å². The van der Waals surface area contributed by atoms with Gasteiger partial charge >= 0.3 is 12.1 Å². The Morgan fingerprint density at radius 3 is 2.57 bits per heavy atom. The van der Waals surface area contributed by atoms with E-state index in [0.717, 1.165) is 0 Å². The highest BCUT2D eigenvalue weighted by Gasteiger charge is 2.36. The number of rotatable bonds is 7. The van der Waals surface area contributed by atoms with Crippen LogP contribution in [-0.4, -0.2) is 78.7 Å². The third kappa shape index (κ3) is 6.61. The van der Waals surface area contributed by atoms with Gasteiger partial charge in [-0.2, -0.15) is 0 Å². The van der Waals surface area contributed by atoms with E-state index in [1.807, 2.05) is 6.92 Å². The van der Waals surface area contributed by atoms with Gasteiger partial charge in [-0.25, -0.2) is 10.2 Å². The highest BCUT2D eigenvalue weighted by molar-refractivity contribution is 5.86. The van der Waals surface area contributed by atoms with Crippen LogP contribution in [0.1, 0.15) is 40.5 Å². The molecule has 0 aromatic heterocycles. The van der Waals surface area contributed by atoms with Crippen LogP contribution < -0.4 is 10.7 Å². The third-order valence-corrected chi connectivity index (χ3v) is 4.38. The van der Waals surface area contributed by atoms with Gasteiger partial charge in [0.05, 0.1) is 26.4 Å². The van der Waals surface area contributed by atoms with E-state index in [0.29, 0.717) is 39.2 Å². The van der Waals surface area contributed by atoms with Crippen LogP contribution in [0, 0.1) is 5.41 Å². The monoisotopic (exact) mass is 401 g/mol. The topological polar surface area (TPSA) is 126 Å². The first-order chi connectivity index (χ1) is 13.0. The number of nitrogens with one attached hydrogen (secondary N) is 2. The fraction of sp³-hybridized carbons (Fsp3) is 0.833. The summed E-state index contributed by atoms with van der Waals surface area (Å²) >= 11 is 0. The molecular formula is C18H31N3O7. The van der Waals surface area contributed by atoms with Crippen LogP contribution >= 0.6 is 0 Å². The van der Waals surface area contributed by atoms with Gasteiger partial charge in [-0.3, -0.25) is 14.6 Å². The summed E-state index contributed by atoms with van der Waals surface area (Å²) in [5.41, 5.74) is 1.89. The van der Waals surface area contributed by atoms with Crippen LogP contribution in [-0.2, 0) is 23.8 Å². The molecule has 2 saturated heterocycles. The first-order valence-electron chi connectivity index (χ1n) is 9.44. The van der Waals surface area contributed by atoms with Crippen molar-refractivity contribution in [2.75, 3.05) is 33.0 Å². The van der Waals surface area contributed by atoms with Gasteiger partial charge in [-0.15, -0.1) is 0 Å². The summed E-state index contributed by atoms with van der Waals surface area (Å²) in [4.78, 5) is 36.3. The molecule has 2 rings (SSSR count). The van der Waals surface area contributed by atoms with Crippen LogP contribution in [0.2, 0.25) is 0 Å². The highest BCUT2D eigenvalue weighted by Crippen LogP contribution is 2.26. The van der Waals surface area contributed by atoms with Gasteiger partial charge in [0.1, 0.15) is 17.7 Å². The van der Waals surface area contributed by atoms with E-state index in [9.17, 15) is 19.5 Å². The van der Waals surface area contributed by atoms with E-state index in [1.54, 1.807) is 20.8 Å². The van der Waals surface area contributed by atoms with Crippen molar-refractivity contribution in [3.8, 4) is 0 Å². The number of ether oxygens (including phenoxy) is 3. The van der Waals surface area contributed by atoms with Crippen molar-refractivity contribution >= 4 is 18.0 Å². The summed E-state index contributed by atoms with van der Waals surface area (Å²) in [6, 6.07) is -1.84. The Labute approximate surface area is 164 Å². The lowest BCUT2D eigenvalue weighted by atomic mass is 9.90. The number of hydrazine groups is 1. The fourth-order valence-electron chi connectivity index (χ4n) is 2.89. The number of alkyl carbamates (subject to hydrolysis) is 1. The van der Waals surface area contributed by atoms with Crippen LogP contribution in [0.5, 0.6) is 0 Å². The van der Waals surface area contributed by atoms with E-state index in [2.05, 4.69) is 10.7 Å². The van der Waals surface area contributed by atoms with Crippen LogP contribution in [0.4, 0.5) is 4.79 Å². The molecule has 0 aliphatic carbocycles. The molecule has 2 aliphatic rings. The second-order valence-corrected chi connectivity index (χ2v) is 8.67. The zero-order valence-corrected chi connectivity index (χ0v) is 16.9.